The van der Waals surface area contributed by atoms with Crippen molar-refractivity contribution in [3.8, 4) is 0 Å². The number of carbonyl (C=O) groups is 3. The number of carbonyl (C=O) groups excluding carboxylic acids is 3. The second-order valence-electron chi connectivity index (χ2n) is 16.4. The summed E-state index contributed by atoms with van der Waals surface area (Å²) in [5, 5.41) is 0. The first-order chi connectivity index (χ1) is 27.0. The van der Waals surface area contributed by atoms with E-state index in [4.69, 9.17) is 14.2 Å². The third-order valence-corrected chi connectivity index (χ3v) is 10.8. The van der Waals surface area contributed by atoms with Crippen LogP contribution in [0, 0.1) is 0 Å². The van der Waals surface area contributed by atoms with Crippen molar-refractivity contribution in [3.05, 3.63) is 12.2 Å². The Hall–Kier alpha value is -1.85. The minimum absolute atomic E-state index is 0.0686. The molecule has 55 heavy (non-hydrogen) atoms. The Balaban J connectivity index is 4.32. The number of esters is 3. The standard InChI is InChI=1S/C49H92O6/c1-4-7-10-13-16-19-22-24-26-27-30-33-36-39-42-48(51)54-45-46(44-53-47(50)41-38-35-32-29-21-18-15-12-9-6-3)55-49(52)43-40-37-34-31-28-25-23-20-17-14-11-8-5-2/h15,18,46H,4-14,16-17,19-45H2,1-3H3/b18-15-. The fourth-order valence-electron chi connectivity index (χ4n) is 7.07. The lowest BCUT2D eigenvalue weighted by molar-refractivity contribution is -0.167. The zero-order valence-corrected chi connectivity index (χ0v) is 37.0. The molecular formula is C49H92O6. The van der Waals surface area contributed by atoms with E-state index >= 15 is 0 Å². The highest BCUT2D eigenvalue weighted by molar-refractivity contribution is 5.71. The SMILES string of the molecule is CCCC/C=C\CCCCCCC(=O)OCC(COC(=O)CCCCCCCCCCCCCCCC)OC(=O)CCCCCCCCCCCCCCC. The first-order valence-corrected chi connectivity index (χ1v) is 24.2. The first-order valence-electron chi connectivity index (χ1n) is 24.2. The summed E-state index contributed by atoms with van der Waals surface area (Å²) in [6, 6.07) is 0. The predicted octanol–water partition coefficient (Wildman–Crippen LogP) is 15.4. The quantitative estimate of drug-likeness (QED) is 0.0265. The van der Waals surface area contributed by atoms with E-state index in [1.54, 1.807) is 0 Å². The number of hydrogen-bond donors (Lipinski definition) is 0. The Bertz CT molecular complexity index is 854. The number of hydrogen-bond acceptors (Lipinski definition) is 6. The van der Waals surface area contributed by atoms with Crippen molar-refractivity contribution in [2.45, 2.75) is 271 Å². The van der Waals surface area contributed by atoms with Crippen LogP contribution in [0.25, 0.3) is 0 Å². The molecule has 0 amide bonds. The summed E-state index contributed by atoms with van der Waals surface area (Å²) < 4.78 is 16.7. The molecule has 1 atom stereocenters. The second-order valence-corrected chi connectivity index (χ2v) is 16.4. The first kappa shape index (κ1) is 53.1. The van der Waals surface area contributed by atoms with E-state index in [2.05, 4.69) is 32.9 Å². The van der Waals surface area contributed by atoms with Gasteiger partial charge in [0.05, 0.1) is 0 Å². The second kappa shape index (κ2) is 44.9. The summed E-state index contributed by atoms with van der Waals surface area (Å²) in [5.74, 6) is -0.871. The number of allylic oxidation sites excluding steroid dienone is 2. The summed E-state index contributed by atoms with van der Waals surface area (Å²) in [6.07, 6.45) is 47.6. The molecule has 6 nitrogen and oxygen atoms in total. The van der Waals surface area contributed by atoms with Crippen LogP contribution in [0.3, 0.4) is 0 Å². The molecule has 0 bridgehead atoms. The summed E-state index contributed by atoms with van der Waals surface area (Å²) in [4.78, 5) is 37.8. The fourth-order valence-corrected chi connectivity index (χ4v) is 7.07. The van der Waals surface area contributed by atoms with E-state index in [0.29, 0.717) is 19.3 Å². The van der Waals surface area contributed by atoms with Crippen LogP contribution in [0.2, 0.25) is 0 Å². The van der Waals surface area contributed by atoms with Crippen LogP contribution in [-0.2, 0) is 28.6 Å². The Morgan fingerprint density at radius 2 is 0.618 bits per heavy atom. The summed E-state index contributed by atoms with van der Waals surface area (Å²) >= 11 is 0. The Morgan fingerprint density at radius 1 is 0.345 bits per heavy atom. The molecule has 0 spiro atoms. The van der Waals surface area contributed by atoms with Crippen LogP contribution in [0.4, 0.5) is 0 Å². The van der Waals surface area contributed by atoms with Crippen molar-refractivity contribution in [1.29, 1.82) is 0 Å². The molecule has 0 heterocycles. The van der Waals surface area contributed by atoms with Gasteiger partial charge >= 0.3 is 17.9 Å². The lowest BCUT2D eigenvalue weighted by atomic mass is 10.0. The van der Waals surface area contributed by atoms with Gasteiger partial charge in [-0.2, -0.15) is 0 Å². The number of unbranched alkanes of at least 4 members (excludes halogenated alkanes) is 31. The van der Waals surface area contributed by atoms with Crippen molar-refractivity contribution >= 4 is 17.9 Å². The molecule has 0 aliphatic rings. The zero-order valence-electron chi connectivity index (χ0n) is 37.0. The predicted molar refractivity (Wildman–Crippen MR) is 233 cm³/mol. The third-order valence-electron chi connectivity index (χ3n) is 10.8. The highest BCUT2D eigenvalue weighted by Crippen LogP contribution is 2.16. The van der Waals surface area contributed by atoms with Crippen LogP contribution >= 0.6 is 0 Å². The average Bonchev–Trinajstić information content (AvgIpc) is 3.18. The molecule has 1 unspecified atom stereocenters. The van der Waals surface area contributed by atoms with Gasteiger partial charge in [-0.1, -0.05) is 219 Å². The largest absolute Gasteiger partial charge is 0.462 e. The van der Waals surface area contributed by atoms with Crippen molar-refractivity contribution in [1.82, 2.24) is 0 Å². The Kier molecular flexibility index (Phi) is 43.4. The highest BCUT2D eigenvalue weighted by Gasteiger charge is 2.19. The van der Waals surface area contributed by atoms with Crippen LogP contribution < -0.4 is 0 Å². The monoisotopic (exact) mass is 777 g/mol. The molecule has 6 heteroatoms. The zero-order chi connectivity index (χ0) is 40.1. The van der Waals surface area contributed by atoms with Crippen molar-refractivity contribution in [2.75, 3.05) is 13.2 Å². The van der Waals surface area contributed by atoms with Gasteiger partial charge in [0.25, 0.3) is 0 Å². The third kappa shape index (κ3) is 43.1. The molecule has 0 rings (SSSR count). The highest BCUT2D eigenvalue weighted by atomic mass is 16.6. The van der Waals surface area contributed by atoms with Gasteiger partial charge in [-0.3, -0.25) is 14.4 Å². The van der Waals surface area contributed by atoms with E-state index in [9.17, 15) is 14.4 Å². The van der Waals surface area contributed by atoms with Crippen LogP contribution in [0.1, 0.15) is 265 Å². The topological polar surface area (TPSA) is 78.9 Å². The Labute approximate surface area is 341 Å². The molecule has 0 aliphatic carbocycles. The van der Waals surface area contributed by atoms with Gasteiger partial charge in [0.2, 0.25) is 0 Å². The fraction of sp³-hybridized carbons (Fsp3) is 0.898. The molecule has 0 aromatic heterocycles. The van der Waals surface area contributed by atoms with E-state index in [-0.39, 0.29) is 31.1 Å². The molecule has 0 aromatic rings. The maximum Gasteiger partial charge on any atom is 0.306 e. The van der Waals surface area contributed by atoms with Crippen LogP contribution in [0.5, 0.6) is 0 Å². The average molecular weight is 777 g/mol. The lowest BCUT2D eigenvalue weighted by Crippen LogP contribution is -2.30. The van der Waals surface area contributed by atoms with Gasteiger partial charge in [-0.05, 0) is 38.5 Å². The molecule has 0 fully saturated rings. The molecule has 0 aliphatic heterocycles. The van der Waals surface area contributed by atoms with Gasteiger partial charge in [0.15, 0.2) is 6.10 Å². The van der Waals surface area contributed by atoms with Gasteiger partial charge in [0, 0.05) is 19.3 Å². The molecule has 0 saturated carbocycles. The number of rotatable bonds is 44. The minimum atomic E-state index is -0.766. The maximum absolute atomic E-state index is 12.7. The number of ether oxygens (including phenoxy) is 3. The molecule has 324 valence electrons. The normalized spacial score (nSPS) is 12.0. The summed E-state index contributed by atoms with van der Waals surface area (Å²) in [7, 11) is 0. The van der Waals surface area contributed by atoms with Gasteiger partial charge in [-0.25, -0.2) is 0 Å². The smallest absolute Gasteiger partial charge is 0.306 e. The molecule has 0 N–H and O–H groups in total. The van der Waals surface area contributed by atoms with E-state index in [1.807, 2.05) is 0 Å². The lowest BCUT2D eigenvalue weighted by Gasteiger charge is -2.18. The Morgan fingerprint density at radius 3 is 0.964 bits per heavy atom. The van der Waals surface area contributed by atoms with E-state index < -0.39 is 6.10 Å². The van der Waals surface area contributed by atoms with Crippen molar-refractivity contribution in [3.63, 3.8) is 0 Å². The molecule has 0 aromatic carbocycles. The van der Waals surface area contributed by atoms with Gasteiger partial charge in [-0.15, -0.1) is 0 Å². The van der Waals surface area contributed by atoms with E-state index in [1.165, 1.54) is 148 Å². The summed E-state index contributed by atoms with van der Waals surface area (Å²) in [6.45, 7) is 6.60. The summed E-state index contributed by atoms with van der Waals surface area (Å²) in [5.41, 5.74) is 0. The minimum Gasteiger partial charge on any atom is -0.462 e. The van der Waals surface area contributed by atoms with Crippen molar-refractivity contribution in [2.24, 2.45) is 0 Å². The molecular weight excluding hydrogens is 685 g/mol. The molecule has 0 radical (unpaired) electrons. The van der Waals surface area contributed by atoms with E-state index in [0.717, 1.165) is 77.0 Å². The maximum atomic E-state index is 12.7. The van der Waals surface area contributed by atoms with Crippen LogP contribution in [-0.4, -0.2) is 37.2 Å². The van der Waals surface area contributed by atoms with Gasteiger partial charge in [0.1, 0.15) is 13.2 Å². The van der Waals surface area contributed by atoms with Gasteiger partial charge < -0.3 is 14.2 Å². The van der Waals surface area contributed by atoms with Crippen molar-refractivity contribution < 1.29 is 28.6 Å². The van der Waals surface area contributed by atoms with Crippen LogP contribution in [0.15, 0.2) is 12.2 Å². The molecule has 0 saturated heterocycles.